The molecule has 0 N–H and O–H groups in total. The molecule has 0 amide bonds. The van der Waals surface area contributed by atoms with Crippen molar-refractivity contribution in [3.63, 3.8) is 0 Å². The number of benzene rings is 10. The van der Waals surface area contributed by atoms with Crippen molar-refractivity contribution in [3.05, 3.63) is 224 Å². The maximum atomic E-state index is 6.85. The predicted molar refractivity (Wildman–Crippen MR) is 245 cm³/mol. The van der Waals surface area contributed by atoms with Crippen LogP contribution in [0.4, 0.5) is 17.1 Å². The van der Waals surface area contributed by atoms with Crippen LogP contribution in [0.2, 0.25) is 0 Å². The molecule has 0 unspecified atom stereocenters. The molecule has 10 aromatic carbocycles. The van der Waals surface area contributed by atoms with Crippen molar-refractivity contribution in [1.82, 2.24) is 0 Å². The molecule has 2 nitrogen and oxygen atoms in total. The minimum atomic E-state index is 0.865. The van der Waals surface area contributed by atoms with Crippen molar-refractivity contribution in [2.75, 3.05) is 4.90 Å². The van der Waals surface area contributed by atoms with Crippen LogP contribution < -0.4 is 4.90 Å². The van der Waals surface area contributed by atoms with Gasteiger partial charge in [0.1, 0.15) is 11.2 Å². The Kier molecular flexibility index (Phi) is 8.19. The van der Waals surface area contributed by atoms with Crippen LogP contribution in [0, 0.1) is 0 Å². The molecule has 11 aromatic rings. The van der Waals surface area contributed by atoms with Gasteiger partial charge in [0.25, 0.3) is 0 Å². The molecule has 1 aromatic heterocycles. The van der Waals surface area contributed by atoms with Crippen molar-refractivity contribution in [2.45, 2.75) is 0 Å². The molecule has 2 heteroatoms. The third kappa shape index (κ3) is 5.91. The Morgan fingerprint density at radius 2 is 0.931 bits per heavy atom. The fourth-order valence-electron chi connectivity index (χ4n) is 8.61. The van der Waals surface area contributed by atoms with Crippen LogP contribution in [0.5, 0.6) is 0 Å². The second-order valence-corrected chi connectivity index (χ2v) is 14.9. The monoisotopic (exact) mass is 739 g/mol. The third-order valence-corrected chi connectivity index (χ3v) is 11.4. The van der Waals surface area contributed by atoms with E-state index in [1.807, 2.05) is 0 Å². The SMILES string of the molecule is c1ccc(-c2cccc(-c3cccc(N(c4ccc(-c5cccc6ccccc56)cc4)c4ccc(-c5ccc6ccccc6c5)c5oc6ccccc6c45)c3)c2)cc1. The average molecular weight is 740 g/mol. The van der Waals surface area contributed by atoms with E-state index in [1.54, 1.807) is 0 Å². The van der Waals surface area contributed by atoms with Gasteiger partial charge in [0.05, 0.1) is 11.1 Å². The largest absolute Gasteiger partial charge is 0.455 e. The number of fused-ring (bicyclic) bond motifs is 5. The Balaban J connectivity index is 1.11. The maximum Gasteiger partial charge on any atom is 0.145 e. The van der Waals surface area contributed by atoms with Crippen LogP contribution in [0.3, 0.4) is 0 Å². The number of anilines is 3. The lowest BCUT2D eigenvalue weighted by Gasteiger charge is -2.27. The summed E-state index contributed by atoms with van der Waals surface area (Å²) in [6.07, 6.45) is 0. The van der Waals surface area contributed by atoms with E-state index in [4.69, 9.17) is 4.42 Å². The number of rotatable bonds is 7. The van der Waals surface area contributed by atoms with Gasteiger partial charge in [-0.15, -0.1) is 0 Å². The smallest absolute Gasteiger partial charge is 0.145 e. The predicted octanol–water partition coefficient (Wildman–Crippen LogP) is 16.0. The first-order valence-corrected chi connectivity index (χ1v) is 19.8. The molecule has 0 saturated heterocycles. The lowest BCUT2D eigenvalue weighted by atomic mass is 9.96. The molecule has 0 fully saturated rings. The van der Waals surface area contributed by atoms with E-state index < -0.39 is 0 Å². The summed E-state index contributed by atoms with van der Waals surface area (Å²) < 4.78 is 6.85. The minimum Gasteiger partial charge on any atom is -0.455 e. The van der Waals surface area contributed by atoms with E-state index in [1.165, 1.54) is 49.4 Å². The van der Waals surface area contributed by atoms with E-state index in [0.29, 0.717) is 0 Å². The van der Waals surface area contributed by atoms with Gasteiger partial charge in [0.2, 0.25) is 0 Å². The third-order valence-electron chi connectivity index (χ3n) is 11.4. The number of furan rings is 1. The highest BCUT2D eigenvalue weighted by Gasteiger charge is 2.23. The lowest BCUT2D eigenvalue weighted by molar-refractivity contribution is 0.670. The quantitative estimate of drug-likeness (QED) is 0.162. The molecule has 0 saturated carbocycles. The molecule has 0 aliphatic heterocycles. The van der Waals surface area contributed by atoms with E-state index in [-0.39, 0.29) is 0 Å². The minimum absolute atomic E-state index is 0.865. The summed E-state index contributed by atoms with van der Waals surface area (Å²) in [6.45, 7) is 0. The van der Waals surface area contributed by atoms with Gasteiger partial charge in [-0.05, 0) is 115 Å². The number of nitrogens with zero attached hydrogens (tertiary/aromatic N) is 1. The summed E-state index contributed by atoms with van der Waals surface area (Å²) in [7, 11) is 0. The standard InChI is InChI=1S/C56H37NO/c1-2-13-38(14-3-1)43-19-10-20-44(35-43)45-21-11-22-48(37-45)57(47-31-29-41(30-32-47)50-25-12-18-40-16-6-7-23-49(40)50)53-34-33-51(46-28-27-39-15-4-5-17-42(39)36-46)56-55(53)52-24-8-9-26-54(52)58-56/h1-37H. The molecule has 58 heavy (non-hydrogen) atoms. The fourth-order valence-corrected chi connectivity index (χ4v) is 8.61. The second kappa shape index (κ2) is 14.1. The Morgan fingerprint density at radius 3 is 1.78 bits per heavy atom. The molecule has 0 radical (unpaired) electrons. The second-order valence-electron chi connectivity index (χ2n) is 14.9. The van der Waals surface area contributed by atoms with Crippen LogP contribution in [0.25, 0.3) is 88.0 Å². The van der Waals surface area contributed by atoms with Gasteiger partial charge in [0, 0.05) is 22.3 Å². The summed E-state index contributed by atoms with van der Waals surface area (Å²) in [5.41, 5.74) is 14.2. The zero-order valence-electron chi connectivity index (χ0n) is 31.7. The summed E-state index contributed by atoms with van der Waals surface area (Å²) in [4.78, 5) is 2.39. The number of hydrogen-bond donors (Lipinski definition) is 0. The lowest BCUT2D eigenvalue weighted by Crippen LogP contribution is -2.10. The summed E-state index contributed by atoms with van der Waals surface area (Å²) >= 11 is 0. The first kappa shape index (κ1) is 33.6. The first-order valence-electron chi connectivity index (χ1n) is 19.8. The molecule has 1 heterocycles. The highest BCUT2D eigenvalue weighted by atomic mass is 16.3. The van der Waals surface area contributed by atoms with Crippen molar-refractivity contribution in [2.24, 2.45) is 0 Å². The van der Waals surface area contributed by atoms with E-state index in [2.05, 4.69) is 229 Å². The van der Waals surface area contributed by atoms with Gasteiger partial charge < -0.3 is 9.32 Å². The number of hydrogen-bond acceptors (Lipinski definition) is 2. The van der Waals surface area contributed by atoms with Gasteiger partial charge >= 0.3 is 0 Å². The van der Waals surface area contributed by atoms with Crippen molar-refractivity contribution >= 4 is 60.5 Å². The average Bonchev–Trinajstić information content (AvgIpc) is 3.70. The van der Waals surface area contributed by atoms with Crippen molar-refractivity contribution in [1.29, 1.82) is 0 Å². The van der Waals surface area contributed by atoms with Crippen LogP contribution in [0.15, 0.2) is 229 Å². The molecule has 11 rings (SSSR count). The van der Waals surface area contributed by atoms with Gasteiger partial charge in [-0.2, -0.15) is 0 Å². The topological polar surface area (TPSA) is 16.4 Å². The summed E-state index contributed by atoms with van der Waals surface area (Å²) in [5.74, 6) is 0. The zero-order chi connectivity index (χ0) is 38.4. The normalized spacial score (nSPS) is 11.4. The van der Waals surface area contributed by atoms with Crippen LogP contribution in [-0.4, -0.2) is 0 Å². The Labute approximate surface area is 337 Å². The maximum absolute atomic E-state index is 6.85. The van der Waals surface area contributed by atoms with Crippen LogP contribution >= 0.6 is 0 Å². The van der Waals surface area contributed by atoms with E-state index in [9.17, 15) is 0 Å². The van der Waals surface area contributed by atoms with E-state index in [0.717, 1.165) is 55.7 Å². The summed E-state index contributed by atoms with van der Waals surface area (Å²) in [5, 5.41) is 7.07. The van der Waals surface area contributed by atoms with Gasteiger partial charge in [-0.3, -0.25) is 0 Å². The highest BCUT2D eigenvalue weighted by molar-refractivity contribution is 6.17. The number of para-hydroxylation sites is 1. The molecule has 0 atom stereocenters. The highest BCUT2D eigenvalue weighted by Crippen LogP contribution is 2.47. The first-order chi connectivity index (χ1) is 28.7. The molecule has 0 bridgehead atoms. The Hall–Kier alpha value is -7.68. The van der Waals surface area contributed by atoms with E-state index >= 15 is 0 Å². The molecular formula is C56H37NO. The fraction of sp³-hybridized carbons (Fsp3) is 0. The molecule has 272 valence electrons. The molecular weight excluding hydrogens is 703 g/mol. The van der Waals surface area contributed by atoms with Crippen LogP contribution in [0.1, 0.15) is 0 Å². The van der Waals surface area contributed by atoms with Gasteiger partial charge in [0.15, 0.2) is 0 Å². The Bertz CT molecular complexity index is 3280. The van der Waals surface area contributed by atoms with Crippen molar-refractivity contribution < 1.29 is 4.42 Å². The molecule has 0 aliphatic carbocycles. The Morgan fingerprint density at radius 1 is 0.310 bits per heavy atom. The van der Waals surface area contributed by atoms with Gasteiger partial charge in [-0.25, -0.2) is 0 Å². The molecule has 0 spiro atoms. The van der Waals surface area contributed by atoms with Crippen molar-refractivity contribution in [3.8, 4) is 44.5 Å². The van der Waals surface area contributed by atoms with Gasteiger partial charge in [-0.1, -0.05) is 170 Å². The van der Waals surface area contributed by atoms with Crippen LogP contribution in [-0.2, 0) is 0 Å². The summed E-state index contributed by atoms with van der Waals surface area (Å²) in [6, 6.07) is 80.6. The molecule has 0 aliphatic rings. The zero-order valence-corrected chi connectivity index (χ0v) is 31.7.